The maximum Gasteiger partial charge on any atom is 0.00302 e. The summed E-state index contributed by atoms with van der Waals surface area (Å²) in [7, 11) is 0. The van der Waals surface area contributed by atoms with Crippen LogP contribution in [0.4, 0.5) is 0 Å². The smallest absolute Gasteiger partial charge is 0.00302 e. The molecule has 1 aliphatic heterocycles. The van der Waals surface area contributed by atoms with Crippen LogP contribution in [0.3, 0.4) is 0 Å². The number of likely N-dealkylation sites (tertiary alicyclic amines) is 1. The van der Waals surface area contributed by atoms with E-state index in [1.807, 2.05) is 0 Å². The monoisotopic (exact) mass is 183 g/mol. The Labute approximate surface area is 83.5 Å². The number of hydrogen-bond acceptors (Lipinski definition) is 1. The van der Waals surface area contributed by atoms with Crippen LogP contribution in [-0.2, 0) is 0 Å². The van der Waals surface area contributed by atoms with Crippen molar-refractivity contribution in [3.8, 4) is 0 Å². The summed E-state index contributed by atoms with van der Waals surface area (Å²) >= 11 is 0. The van der Waals surface area contributed by atoms with Crippen molar-refractivity contribution in [1.29, 1.82) is 0 Å². The van der Waals surface area contributed by atoms with Crippen LogP contribution in [0.2, 0.25) is 0 Å². The van der Waals surface area contributed by atoms with Crippen LogP contribution in [0.15, 0.2) is 0 Å². The molecule has 1 nitrogen and oxygen atoms in total. The zero-order chi connectivity index (χ0) is 9.90. The Bertz CT molecular complexity index is 146. The third-order valence-corrected chi connectivity index (χ3v) is 2.88. The van der Waals surface area contributed by atoms with E-state index in [-0.39, 0.29) is 0 Å². The predicted octanol–water partition coefficient (Wildman–Crippen LogP) is 3.15. The molecule has 1 atom stereocenters. The first-order valence-electron chi connectivity index (χ1n) is 5.73. The van der Waals surface area contributed by atoms with E-state index in [1.54, 1.807) is 0 Å². The summed E-state index contributed by atoms with van der Waals surface area (Å²) in [5.74, 6) is 0.969. The zero-order valence-corrected chi connectivity index (χ0v) is 9.77. The van der Waals surface area contributed by atoms with Crippen molar-refractivity contribution in [1.82, 2.24) is 4.90 Å². The van der Waals surface area contributed by atoms with Crippen LogP contribution in [0.1, 0.15) is 47.0 Å². The fourth-order valence-electron chi connectivity index (χ4n) is 2.30. The number of hydrogen-bond donors (Lipinski definition) is 0. The van der Waals surface area contributed by atoms with Gasteiger partial charge in [0.25, 0.3) is 0 Å². The summed E-state index contributed by atoms with van der Waals surface area (Å²) in [4.78, 5) is 2.65. The summed E-state index contributed by atoms with van der Waals surface area (Å²) in [5.41, 5.74) is 0.468. The fourth-order valence-corrected chi connectivity index (χ4v) is 2.30. The van der Waals surface area contributed by atoms with Gasteiger partial charge in [0.2, 0.25) is 0 Å². The minimum absolute atomic E-state index is 0.468. The molecule has 1 fully saturated rings. The van der Waals surface area contributed by atoms with Gasteiger partial charge in [-0.2, -0.15) is 0 Å². The van der Waals surface area contributed by atoms with Crippen molar-refractivity contribution >= 4 is 0 Å². The van der Waals surface area contributed by atoms with Gasteiger partial charge in [0.05, 0.1) is 0 Å². The van der Waals surface area contributed by atoms with E-state index in [9.17, 15) is 0 Å². The van der Waals surface area contributed by atoms with Crippen molar-refractivity contribution in [3.63, 3.8) is 0 Å². The minimum atomic E-state index is 0.468. The highest BCUT2D eigenvalue weighted by Gasteiger charge is 2.22. The second-order valence-corrected chi connectivity index (χ2v) is 5.71. The molecule has 1 heteroatoms. The first kappa shape index (κ1) is 11.0. The van der Waals surface area contributed by atoms with Crippen molar-refractivity contribution in [2.45, 2.75) is 47.0 Å². The van der Waals surface area contributed by atoms with E-state index in [4.69, 9.17) is 0 Å². The van der Waals surface area contributed by atoms with Gasteiger partial charge in [-0.1, -0.05) is 34.1 Å². The first-order valence-corrected chi connectivity index (χ1v) is 5.73. The van der Waals surface area contributed by atoms with Gasteiger partial charge in [0.1, 0.15) is 0 Å². The molecule has 0 aromatic heterocycles. The van der Waals surface area contributed by atoms with Gasteiger partial charge in [-0.15, -0.1) is 0 Å². The predicted molar refractivity (Wildman–Crippen MR) is 58.9 cm³/mol. The Kier molecular flexibility index (Phi) is 3.78. The quantitative estimate of drug-likeness (QED) is 0.635. The average molecular weight is 183 g/mol. The molecule has 78 valence electrons. The second-order valence-electron chi connectivity index (χ2n) is 5.71. The Hall–Kier alpha value is -0.0400. The number of rotatable bonds is 2. The van der Waals surface area contributed by atoms with Crippen LogP contribution in [0.25, 0.3) is 0 Å². The van der Waals surface area contributed by atoms with E-state index in [0.29, 0.717) is 5.41 Å². The largest absolute Gasteiger partial charge is 0.303 e. The van der Waals surface area contributed by atoms with Gasteiger partial charge < -0.3 is 4.90 Å². The highest BCUT2D eigenvalue weighted by Crippen LogP contribution is 2.23. The molecule has 1 rings (SSSR count). The second kappa shape index (κ2) is 4.45. The Balaban J connectivity index is 2.34. The summed E-state index contributed by atoms with van der Waals surface area (Å²) in [6.45, 7) is 13.3. The summed E-state index contributed by atoms with van der Waals surface area (Å²) < 4.78 is 0. The SMILES string of the molecule is CCC1CCCN(CC(C)(C)C)C1. The highest BCUT2D eigenvalue weighted by atomic mass is 15.1. The number of nitrogens with zero attached hydrogens (tertiary/aromatic N) is 1. The third kappa shape index (κ3) is 4.12. The summed E-state index contributed by atoms with van der Waals surface area (Å²) in [6, 6.07) is 0. The molecular weight excluding hydrogens is 158 g/mol. The van der Waals surface area contributed by atoms with E-state index in [2.05, 4.69) is 32.6 Å². The molecule has 0 saturated carbocycles. The molecular formula is C12H25N. The molecule has 0 aromatic carbocycles. The van der Waals surface area contributed by atoms with Crippen LogP contribution in [-0.4, -0.2) is 24.5 Å². The van der Waals surface area contributed by atoms with Crippen LogP contribution in [0, 0.1) is 11.3 Å². The molecule has 1 heterocycles. The van der Waals surface area contributed by atoms with E-state index in [1.165, 1.54) is 38.9 Å². The van der Waals surface area contributed by atoms with Gasteiger partial charge in [0, 0.05) is 13.1 Å². The highest BCUT2D eigenvalue weighted by molar-refractivity contribution is 4.76. The van der Waals surface area contributed by atoms with Crippen LogP contribution < -0.4 is 0 Å². The zero-order valence-electron chi connectivity index (χ0n) is 9.77. The molecule has 0 aromatic rings. The van der Waals surface area contributed by atoms with Gasteiger partial charge in [-0.3, -0.25) is 0 Å². The van der Waals surface area contributed by atoms with Crippen molar-refractivity contribution in [2.75, 3.05) is 19.6 Å². The molecule has 0 bridgehead atoms. The van der Waals surface area contributed by atoms with E-state index in [0.717, 1.165) is 5.92 Å². The molecule has 0 radical (unpaired) electrons. The average Bonchev–Trinajstić information content (AvgIpc) is 2.01. The van der Waals surface area contributed by atoms with Crippen molar-refractivity contribution in [3.05, 3.63) is 0 Å². The van der Waals surface area contributed by atoms with Crippen molar-refractivity contribution < 1.29 is 0 Å². The van der Waals surface area contributed by atoms with Crippen molar-refractivity contribution in [2.24, 2.45) is 11.3 Å². The van der Waals surface area contributed by atoms with Gasteiger partial charge in [-0.25, -0.2) is 0 Å². The van der Waals surface area contributed by atoms with Crippen LogP contribution >= 0.6 is 0 Å². The van der Waals surface area contributed by atoms with Gasteiger partial charge >= 0.3 is 0 Å². The molecule has 1 aliphatic rings. The molecule has 0 amide bonds. The molecule has 0 spiro atoms. The molecule has 13 heavy (non-hydrogen) atoms. The van der Waals surface area contributed by atoms with Gasteiger partial charge in [-0.05, 0) is 30.7 Å². The Morgan fingerprint density at radius 2 is 2.00 bits per heavy atom. The lowest BCUT2D eigenvalue weighted by molar-refractivity contribution is 0.126. The normalized spacial score (nSPS) is 26.3. The minimum Gasteiger partial charge on any atom is -0.303 e. The van der Waals surface area contributed by atoms with E-state index < -0.39 is 0 Å². The topological polar surface area (TPSA) is 3.24 Å². The summed E-state index contributed by atoms with van der Waals surface area (Å²) in [6.07, 6.45) is 4.23. The third-order valence-electron chi connectivity index (χ3n) is 2.88. The fraction of sp³-hybridized carbons (Fsp3) is 1.00. The standard InChI is InChI=1S/C12H25N/c1-5-11-7-6-8-13(9-11)10-12(2,3)4/h11H,5-10H2,1-4H3. The van der Waals surface area contributed by atoms with Gasteiger partial charge in [0.15, 0.2) is 0 Å². The molecule has 1 unspecified atom stereocenters. The lowest BCUT2D eigenvalue weighted by Crippen LogP contribution is -2.40. The van der Waals surface area contributed by atoms with Crippen LogP contribution in [0.5, 0.6) is 0 Å². The maximum atomic E-state index is 2.65. The Morgan fingerprint density at radius 1 is 1.31 bits per heavy atom. The lowest BCUT2D eigenvalue weighted by Gasteiger charge is -2.36. The lowest BCUT2D eigenvalue weighted by atomic mass is 9.91. The Morgan fingerprint density at radius 3 is 2.54 bits per heavy atom. The molecule has 0 aliphatic carbocycles. The molecule has 0 N–H and O–H groups in total. The summed E-state index contributed by atoms with van der Waals surface area (Å²) in [5, 5.41) is 0. The maximum absolute atomic E-state index is 2.65. The number of piperidine rings is 1. The molecule has 1 saturated heterocycles. The first-order chi connectivity index (χ1) is 6.01. The van der Waals surface area contributed by atoms with E-state index >= 15 is 0 Å².